The van der Waals surface area contributed by atoms with Gasteiger partial charge in [-0.15, -0.1) is 0 Å². The van der Waals surface area contributed by atoms with E-state index in [1.807, 2.05) is 4.90 Å². The molecule has 1 saturated heterocycles. The van der Waals surface area contributed by atoms with Gasteiger partial charge in [-0.3, -0.25) is 4.79 Å². The average molecular weight is 237 g/mol. The van der Waals surface area contributed by atoms with E-state index in [0.29, 0.717) is 24.9 Å². The highest BCUT2D eigenvalue weighted by Crippen LogP contribution is 2.48. The number of β-amino-alcohol motifs (C(OH)–C–C–N with tert-alkyl or cyclic N) is 1. The number of likely N-dealkylation sites (tertiary alicyclic amines) is 1. The molecule has 0 aromatic carbocycles. The summed E-state index contributed by atoms with van der Waals surface area (Å²) in [6, 6.07) is 0. The van der Waals surface area contributed by atoms with Crippen LogP contribution in [0.1, 0.15) is 51.9 Å². The number of amides is 1. The SMILES string of the molecule is CCC1(C(=O)N2CC(O)(C3CC3)C2)CCCC1. The van der Waals surface area contributed by atoms with E-state index in [2.05, 4.69) is 6.92 Å². The Labute approximate surface area is 103 Å². The van der Waals surface area contributed by atoms with Crippen molar-refractivity contribution in [2.75, 3.05) is 13.1 Å². The summed E-state index contributed by atoms with van der Waals surface area (Å²) >= 11 is 0. The van der Waals surface area contributed by atoms with Crippen LogP contribution in [0.3, 0.4) is 0 Å². The molecule has 0 aromatic heterocycles. The van der Waals surface area contributed by atoms with E-state index in [9.17, 15) is 9.90 Å². The van der Waals surface area contributed by atoms with Crippen LogP contribution in [0.15, 0.2) is 0 Å². The summed E-state index contributed by atoms with van der Waals surface area (Å²) in [5.74, 6) is 0.801. The van der Waals surface area contributed by atoms with Gasteiger partial charge in [-0.1, -0.05) is 19.8 Å². The Morgan fingerprint density at radius 1 is 1.29 bits per heavy atom. The summed E-state index contributed by atoms with van der Waals surface area (Å²) in [6.45, 7) is 3.33. The molecule has 3 rings (SSSR count). The van der Waals surface area contributed by atoms with Gasteiger partial charge in [0.15, 0.2) is 0 Å². The van der Waals surface area contributed by atoms with Gasteiger partial charge < -0.3 is 10.0 Å². The van der Waals surface area contributed by atoms with Crippen molar-refractivity contribution in [3.8, 4) is 0 Å². The standard InChI is InChI=1S/C14H23NO2/c1-2-13(7-3-4-8-13)12(16)15-9-14(17,10-15)11-5-6-11/h11,17H,2-10H2,1H3. The molecule has 1 heterocycles. The molecule has 0 aromatic rings. The topological polar surface area (TPSA) is 40.5 Å². The molecule has 3 fully saturated rings. The lowest BCUT2D eigenvalue weighted by atomic mass is 9.78. The number of aliphatic hydroxyl groups is 1. The molecule has 1 amide bonds. The number of rotatable bonds is 3. The third-order valence-corrected chi connectivity index (χ3v) is 5.24. The van der Waals surface area contributed by atoms with Gasteiger partial charge in [0.25, 0.3) is 0 Å². The Morgan fingerprint density at radius 2 is 1.88 bits per heavy atom. The molecule has 0 unspecified atom stereocenters. The molecule has 96 valence electrons. The van der Waals surface area contributed by atoms with E-state index >= 15 is 0 Å². The first-order valence-electron chi connectivity index (χ1n) is 7.11. The summed E-state index contributed by atoms with van der Waals surface area (Å²) in [5.41, 5.74) is -0.603. The molecule has 17 heavy (non-hydrogen) atoms. The summed E-state index contributed by atoms with van der Waals surface area (Å²) in [4.78, 5) is 14.4. The lowest BCUT2D eigenvalue weighted by molar-refractivity contribution is -0.169. The highest BCUT2D eigenvalue weighted by Gasteiger charge is 2.55. The number of nitrogens with zero attached hydrogens (tertiary/aromatic N) is 1. The van der Waals surface area contributed by atoms with Gasteiger partial charge in [-0.25, -0.2) is 0 Å². The van der Waals surface area contributed by atoms with Crippen LogP contribution in [-0.2, 0) is 4.79 Å². The summed E-state index contributed by atoms with van der Waals surface area (Å²) in [7, 11) is 0. The van der Waals surface area contributed by atoms with E-state index in [1.54, 1.807) is 0 Å². The van der Waals surface area contributed by atoms with Crippen LogP contribution in [0.5, 0.6) is 0 Å². The summed E-state index contributed by atoms with van der Waals surface area (Å²) < 4.78 is 0. The first-order chi connectivity index (χ1) is 8.10. The lowest BCUT2D eigenvalue weighted by Crippen LogP contribution is -2.66. The van der Waals surface area contributed by atoms with Crippen LogP contribution in [0.4, 0.5) is 0 Å². The highest BCUT2D eigenvalue weighted by molar-refractivity contribution is 5.84. The first kappa shape index (κ1) is 11.5. The first-order valence-corrected chi connectivity index (χ1v) is 7.11. The monoisotopic (exact) mass is 237 g/mol. The molecule has 0 bridgehead atoms. The normalized spacial score (nSPS) is 30.1. The van der Waals surface area contributed by atoms with Crippen molar-refractivity contribution in [3.63, 3.8) is 0 Å². The number of hydrogen-bond donors (Lipinski definition) is 1. The van der Waals surface area contributed by atoms with Crippen molar-refractivity contribution in [2.45, 2.75) is 57.5 Å². The molecule has 1 aliphatic heterocycles. The molecule has 3 aliphatic rings. The molecule has 2 saturated carbocycles. The van der Waals surface area contributed by atoms with Gasteiger partial charge in [0.1, 0.15) is 5.60 Å². The molecular weight excluding hydrogens is 214 g/mol. The van der Waals surface area contributed by atoms with Crippen molar-refractivity contribution in [1.82, 2.24) is 4.90 Å². The smallest absolute Gasteiger partial charge is 0.228 e. The number of carbonyl (C=O) groups excluding carboxylic acids is 1. The maximum atomic E-state index is 12.5. The fraction of sp³-hybridized carbons (Fsp3) is 0.929. The van der Waals surface area contributed by atoms with Crippen LogP contribution >= 0.6 is 0 Å². The molecule has 0 atom stereocenters. The fourth-order valence-corrected chi connectivity index (χ4v) is 3.74. The minimum Gasteiger partial charge on any atom is -0.386 e. The number of hydrogen-bond acceptors (Lipinski definition) is 2. The minimum absolute atomic E-state index is 0.0785. The quantitative estimate of drug-likeness (QED) is 0.815. The maximum absolute atomic E-state index is 12.5. The number of carbonyl (C=O) groups is 1. The van der Waals surface area contributed by atoms with Crippen molar-refractivity contribution in [3.05, 3.63) is 0 Å². The van der Waals surface area contributed by atoms with Gasteiger partial charge in [0.2, 0.25) is 5.91 Å². The Morgan fingerprint density at radius 3 is 2.35 bits per heavy atom. The summed E-state index contributed by atoms with van der Waals surface area (Å²) in [5, 5.41) is 10.3. The highest BCUT2D eigenvalue weighted by atomic mass is 16.3. The van der Waals surface area contributed by atoms with Crippen LogP contribution < -0.4 is 0 Å². The van der Waals surface area contributed by atoms with Gasteiger partial charge >= 0.3 is 0 Å². The van der Waals surface area contributed by atoms with Gasteiger partial charge in [-0.2, -0.15) is 0 Å². The molecule has 1 N–H and O–H groups in total. The Hall–Kier alpha value is -0.570. The molecular formula is C14H23NO2. The van der Waals surface area contributed by atoms with E-state index in [0.717, 1.165) is 32.1 Å². The van der Waals surface area contributed by atoms with Crippen LogP contribution in [0.2, 0.25) is 0 Å². The second kappa shape index (κ2) is 3.71. The van der Waals surface area contributed by atoms with Crippen molar-refractivity contribution >= 4 is 5.91 Å². The van der Waals surface area contributed by atoms with Crippen molar-refractivity contribution in [1.29, 1.82) is 0 Å². The van der Waals surface area contributed by atoms with E-state index < -0.39 is 5.60 Å². The molecule has 3 nitrogen and oxygen atoms in total. The Balaban J connectivity index is 1.64. The van der Waals surface area contributed by atoms with Gasteiger partial charge in [0.05, 0.1) is 13.1 Å². The van der Waals surface area contributed by atoms with E-state index in [-0.39, 0.29) is 5.41 Å². The average Bonchev–Trinajstić information content (AvgIpc) is 3.03. The zero-order chi connectivity index (χ0) is 12.1. The van der Waals surface area contributed by atoms with E-state index in [1.165, 1.54) is 12.8 Å². The van der Waals surface area contributed by atoms with Gasteiger partial charge in [-0.05, 0) is 38.0 Å². The van der Waals surface area contributed by atoms with Gasteiger partial charge in [0, 0.05) is 5.41 Å². The maximum Gasteiger partial charge on any atom is 0.228 e. The second-order valence-electron chi connectivity index (χ2n) is 6.38. The fourth-order valence-electron chi connectivity index (χ4n) is 3.74. The summed E-state index contributed by atoms with van der Waals surface area (Å²) in [6.07, 6.45) is 7.76. The van der Waals surface area contributed by atoms with Crippen molar-refractivity contribution in [2.24, 2.45) is 11.3 Å². The Kier molecular flexibility index (Phi) is 2.51. The zero-order valence-corrected chi connectivity index (χ0v) is 10.7. The molecule has 0 radical (unpaired) electrons. The largest absolute Gasteiger partial charge is 0.386 e. The zero-order valence-electron chi connectivity index (χ0n) is 10.7. The molecule has 3 heteroatoms. The third kappa shape index (κ3) is 1.70. The van der Waals surface area contributed by atoms with Crippen LogP contribution in [-0.4, -0.2) is 34.6 Å². The van der Waals surface area contributed by atoms with E-state index in [4.69, 9.17) is 0 Å². The lowest BCUT2D eigenvalue weighted by Gasteiger charge is -2.49. The molecule has 2 aliphatic carbocycles. The second-order valence-corrected chi connectivity index (χ2v) is 6.38. The third-order valence-electron chi connectivity index (χ3n) is 5.24. The predicted octanol–water partition coefficient (Wildman–Crippen LogP) is 1.94. The van der Waals surface area contributed by atoms with Crippen molar-refractivity contribution < 1.29 is 9.90 Å². The van der Waals surface area contributed by atoms with Crippen LogP contribution in [0, 0.1) is 11.3 Å². The Bertz CT molecular complexity index is 323. The minimum atomic E-state index is -0.525. The van der Waals surface area contributed by atoms with Crippen LogP contribution in [0.25, 0.3) is 0 Å². The molecule has 0 spiro atoms. The predicted molar refractivity (Wildman–Crippen MR) is 65.4 cm³/mol.